The summed E-state index contributed by atoms with van der Waals surface area (Å²) in [5.41, 5.74) is 0.875. The van der Waals surface area contributed by atoms with Gasteiger partial charge in [-0.25, -0.2) is 4.98 Å². The lowest BCUT2D eigenvalue weighted by Gasteiger charge is -2.32. The van der Waals surface area contributed by atoms with Gasteiger partial charge in [0, 0.05) is 26.2 Å². The molecule has 1 saturated heterocycles. The quantitative estimate of drug-likeness (QED) is 0.755. The molecule has 2 heterocycles. The molecule has 0 aliphatic carbocycles. The first-order valence-electron chi connectivity index (χ1n) is 9.50. The Labute approximate surface area is 169 Å². The fourth-order valence-electron chi connectivity index (χ4n) is 2.99. The smallest absolute Gasteiger partial charge is 0.274 e. The molecule has 1 aromatic carbocycles. The Hall–Kier alpha value is -3.42. The predicted octanol–water partition coefficient (Wildman–Crippen LogP) is 2.04. The van der Waals surface area contributed by atoms with Crippen LogP contribution < -0.4 is 10.1 Å². The number of anilines is 1. The van der Waals surface area contributed by atoms with Crippen LogP contribution in [0.1, 0.15) is 34.8 Å². The van der Waals surface area contributed by atoms with E-state index < -0.39 is 5.91 Å². The zero-order chi connectivity index (χ0) is 20.8. The van der Waals surface area contributed by atoms with Crippen molar-refractivity contribution in [2.45, 2.75) is 20.0 Å². The molecule has 1 aliphatic heterocycles. The van der Waals surface area contributed by atoms with Gasteiger partial charge in [0.15, 0.2) is 0 Å². The van der Waals surface area contributed by atoms with Crippen molar-refractivity contribution in [3.63, 3.8) is 0 Å². The summed E-state index contributed by atoms with van der Waals surface area (Å²) in [7, 11) is 0. The van der Waals surface area contributed by atoms with Gasteiger partial charge in [-0.1, -0.05) is 18.2 Å². The van der Waals surface area contributed by atoms with Crippen LogP contribution in [-0.2, 0) is 4.79 Å². The normalized spacial score (nSPS) is 13.9. The molecule has 1 aliphatic rings. The molecule has 8 nitrogen and oxygen atoms in total. The van der Waals surface area contributed by atoms with Crippen molar-refractivity contribution in [1.82, 2.24) is 14.8 Å². The highest BCUT2D eigenvalue weighted by atomic mass is 16.5. The summed E-state index contributed by atoms with van der Waals surface area (Å²) in [4.78, 5) is 43.7. The molecule has 0 unspecified atom stereocenters. The maximum Gasteiger partial charge on any atom is 0.274 e. The number of carbonyl (C=O) groups is 3. The standard InChI is InChI=1S/C21H24N4O4/c1-15(2)29-19-9-4-3-6-16(19)23-20(27)17-7-5-8-18(22-17)21(28)25-12-10-24(14-26)11-13-25/h3-9,14-15H,10-13H2,1-2H3,(H,23,27). The van der Waals surface area contributed by atoms with E-state index >= 15 is 0 Å². The van der Waals surface area contributed by atoms with Crippen molar-refractivity contribution < 1.29 is 19.1 Å². The first kappa shape index (κ1) is 20.3. The van der Waals surface area contributed by atoms with Crippen molar-refractivity contribution in [2.24, 2.45) is 0 Å². The van der Waals surface area contributed by atoms with Gasteiger partial charge >= 0.3 is 0 Å². The molecule has 3 amide bonds. The van der Waals surface area contributed by atoms with Gasteiger partial charge in [0.05, 0.1) is 11.8 Å². The fourth-order valence-corrected chi connectivity index (χ4v) is 2.99. The summed E-state index contributed by atoms with van der Waals surface area (Å²) < 4.78 is 5.72. The van der Waals surface area contributed by atoms with E-state index in [0.29, 0.717) is 37.6 Å². The average Bonchev–Trinajstić information content (AvgIpc) is 2.74. The molecule has 1 aromatic heterocycles. The SMILES string of the molecule is CC(C)Oc1ccccc1NC(=O)c1cccc(C(=O)N2CCN(C=O)CC2)n1. The van der Waals surface area contributed by atoms with Gasteiger partial charge in [-0.3, -0.25) is 14.4 Å². The van der Waals surface area contributed by atoms with Crippen molar-refractivity contribution in [2.75, 3.05) is 31.5 Å². The minimum Gasteiger partial charge on any atom is -0.489 e. The number of ether oxygens (including phenoxy) is 1. The first-order valence-corrected chi connectivity index (χ1v) is 9.50. The highest BCUT2D eigenvalue weighted by Gasteiger charge is 2.23. The van der Waals surface area contributed by atoms with Crippen LogP contribution in [0.4, 0.5) is 5.69 Å². The van der Waals surface area contributed by atoms with Gasteiger partial charge in [0.2, 0.25) is 6.41 Å². The number of benzene rings is 1. The van der Waals surface area contributed by atoms with Crippen molar-refractivity contribution in [3.05, 3.63) is 53.9 Å². The van der Waals surface area contributed by atoms with E-state index in [1.54, 1.807) is 46.2 Å². The number of rotatable bonds is 6. The van der Waals surface area contributed by atoms with Gasteiger partial charge in [-0.2, -0.15) is 0 Å². The van der Waals surface area contributed by atoms with E-state index in [1.807, 2.05) is 19.9 Å². The Morgan fingerprint density at radius 1 is 1.03 bits per heavy atom. The van der Waals surface area contributed by atoms with Crippen LogP contribution in [0.15, 0.2) is 42.5 Å². The van der Waals surface area contributed by atoms with Gasteiger partial charge in [-0.15, -0.1) is 0 Å². The fraction of sp³-hybridized carbons (Fsp3) is 0.333. The number of hydrogen-bond acceptors (Lipinski definition) is 5. The van der Waals surface area contributed by atoms with E-state index in [1.165, 1.54) is 0 Å². The van der Waals surface area contributed by atoms with E-state index in [-0.39, 0.29) is 23.4 Å². The first-order chi connectivity index (χ1) is 14.0. The molecule has 0 radical (unpaired) electrons. The van der Waals surface area contributed by atoms with Crippen LogP contribution >= 0.6 is 0 Å². The Morgan fingerprint density at radius 3 is 2.41 bits per heavy atom. The molecular weight excluding hydrogens is 372 g/mol. The molecule has 1 fully saturated rings. The maximum atomic E-state index is 12.7. The van der Waals surface area contributed by atoms with Crippen LogP contribution in [0.3, 0.4) is 0 Å². The number of pyridine rings is 1. The Kier molecular flexibility index (Phi) is 6.43. The number of piperazine rings is 1. The van der Waals surface area contributed by atoms with Crippen LogP contribution in [-0.4, -0.2) is 65.3 Å². The number of aromatic nitrogens is 1. The Bertz CT molecular complexity index is 892. The lowest BCUT2D eigenvalue weighted by atomic mass is 10.2. The minimum absolute atomic E-state index is 0.0354. The highest BCUT2D eigenvalue weighted by Crippen LogP contribution is 2.25. The zero-order valence-electron chi connectivity index (χ0n) is 16.5. The number of amides is 3. The monoisotopic (exact) mass is 396 g/mol. The molecular formula is C21H24N4O4. The van der Waals surface area contributed by atoms with E-state index in [0.717, 1.165) is 6.41 Å². The molecule has 0 bridgehead atoms. The van der Waals surface area contributed by atoms with Crippen molar-refractivity contribution in [3.8, 4) is 5.75 Å². The number of nitrogens with one attached hydrogen (secondary N) is 1. The Balaban J connectivity index is 1.72. The third kappa shape index (κ3) is 5.10. The number of nitrogens with zero attached hydrogens (tertiary/aromatic N) is 3. The van der Waals surface area contributed by atoms with Crippen LogP contribution in [0.5, 0.6) is 5.75 Å². The van der Waals surface area contributed by atoms with Gasteiger partial charge in [-0.05, 0) is 38.1 Å². The van der Waals surface area contributed by atoms with Crippen LogP contribution in [0.25, 0.3) is 0 Å². The molecule has 0 saturated carbocycles. The summed E-state index contributed by atoms with van der Waals surface area (Å²) >= 11 is 0. The van der Waals surface area contributed by atoms with E-state index in [2.05, 4.69) is 10.3 Å². The third-order valence-electron chi connectivity index (χ3n) is 4.45. The zero-order valence-corrected chi connectivity index (χ0v) is 16.5. The third-order valence-corrected chi connectivity index (χ3v) is 4.45. The van der Waals surface area contributed by atoms with Crippen molar-refractivity contribution >= 4 is 23.9 Å². The Morgan fingerprint density at radius 2 is 1.72 bits per heavy atom. The number of carbonyl (C=O) groups excluding carboxylic acids is 3. The number of hydrogen-bond donors (Lipinski definition) is 1. The lowest BCUT2D eigenvalue weighted by molar-refractivity contribution is -0.119. The molecule has 2 aromatic rings. The molecule has 152 valence electrons. The molecule has 0 atom stereocenters. The van der Waals surface area contributed by atoms with Crippen LogP contribution in [0.2, 0.25) is 0 Å². The molecule has 8 heteroatoms. The number of para-hydroxylation sites is 2. The predicted molar refractivity (Wildman–Crippen MR) is 108 cm³/mol. The highest BCUT2D eigenvalue weighted by molar-refractivity contribution is 6.04. The average molecular weight is 396 g/mol. The second-order valence-electron chi connectivity index (χ2n) is 6.96. The molecule has 3 rings (SSSR count). The summed E-state index contributed by atoms with van der Waals surface area (Å²) in [5, 5.41) is 2.79. The summed E-state index contributed by atoms with van der Waals surface area (Å²) in [6, 6.07) is 11.9. The molecule has 0 spiro atoms. The minimum atomic E-state index is -0.426. The maximum absolute atomic E-state index is 12.7. The largest absolute Gasteiger partial charge is 0.489 e. The summed E-state index contributed by atoms with van der Waals surface area (Å²) in [6.45, 7) is 5.67. The van der Waals surface area contributed by atoms with E-state index in [4.69, 9.17) is 4.74 Å². The molecule has 1 N–H and O–H groups in total. The van der Waals surface area contributed by atoms with Gasteiger partial charge in [0.25, 0.3) is 11.8 Å². The topological polar surface area (TPSA) is 91.8 Å². The van der Waals surface area contributed by atoms with Gasteiger partial charge < -0.3 is 19.9 Å². The second kappa shape index (κ2) is 9.18. The van der Waals surface area contributed by atoms with Gasteiger partial charge in [0.1, 0.15) is 17.1 Å². The van der Waals surface area contributed by atoms with Crippen molar-refractivity contribution in [1.29, 1.82) is 0 Å². The van der Waals surface area contributed by atoms with Crippen LogP contribution in [0, 0.1) is 0 Å². The summed E-state index contributed by atoms with van der Waals surface area (Å²) in [5.74, 6) is -0.116. The second-order valence-corrected chi connectivity index (χ2v) is 6.96. The van der Waals surface area contributed by atoms with E-state index in [9.17, 15) is 14.4 Å². The molecule has 29 heavy (non-hydrogen) atoms. The lowest BCUT2D eigenvalue weighted by Crippen LogP contribution is -2.48. The summed E-state index contributed by atoms with van der Waals surface area (Å²) in [6.07, 6.45) is 0.748.